The Hall–Kier alpha value is -2.87. The lowest BCUT2D eigenvalue weighted by Crippen LogP contribution is -2.43. The first-order chi connectivity index (χ1) is 12.1. The standard InChI is InChI=1S/C17H19N5O3/c1-12(23)20-10-13-5-7-19-16(21-13)15-11-22(8-9-25-15)17(24)14-4-2-3-6-18-14/h2-7,15H,8-11H2,1H3,(H,20,23)/t15-/m0/s1. The predicted molar refractivity (Wildman–Crippen MR) is 88.4 cm³/mol. The van der Waals surface area contributed by atoms with Crippen LogP contribution >= 0.6 is 0 Å². The molecular formula is C17H19N5O3. The molecule has 0 unspecified atom stereocenters. The topological polar surface area (TPSA) is 97.3 Å². The number of aromatic nitrogens is 3. The number of hydrogen-bond acceptors (Lipinski definition) is 6. The van der Waals surface area contributed by atoms with Crippen molar-refractivity contribution < 1.29 is 14.3 Å². The molecule has 2 aromatic rings. The molecule has 8 nitrogen and oxygen atoms in total. The molecule has 0 aliphatic carbocycles. The Balaban J connectivity index is 1.70. The molecule has 0 spiro atoms. The minimum Gasteiger partial charge on any atom is -0.367 e. The molecule has 2 amide bonds. The van der Waals surface area contributed by atoms with Crippen LogP contribution in [0.5, 0.6) is 0 Å². The summed E-state index contributed by atoms with van der Waals surface area (Å²) < 4.78 is 5.73. The van der Waals surface area contributed by atoms with E-state index in [9.17, 15) is 9.59 Å². The third-order valence-corrected chi connectivity index (χ3v) is 3.78. The summed E-state index contributed by atoms with van der Waals surface area (Å²) in [6.45, 7) is 3.04. The zero-order valence-electron chi connectivity index (χ0n) is 13.9. The van der Waals surface area contributed by atoms with Crippen molar-refractivity contribution in [3.8, 4) is 0 Å². The van der Waals surface area contributed by atoms with Crippen LogP contribution < -0.4 is 5.32 Å². The Labute approximate surface area is 145 Å². The van der Waals surface area contributed by atoms with E-state index in [0.717, 1.165) is 0 Å². The van der Waals surface area contributed by atoms with Gasteiger partial charge in [-0.25, -0.2) is 9.97 Å². The maximum Gasteiger partial charge on any atom is 0.272 e. The Morgan fingerprint density at radius 1 is 1.28 bits per heavy atom. The number of rotatable bonds is 4. The predicted octanol–water partition coefficient (Wildman–Crippen LogP) is 0.721. The fourth-order valence-corrected chi connectivity index (χ4v) is 2.52. The van der Waals surface area contributed by atoms with E-state index in [0.29, 0.717) is 43.5 Å². The first kappa shape index (κ1) is 17.0. The van der Waals surface area contributed by atoms with Crippen molar-refractivity contribution in [3.63, 3.8) is 0 Å². The van der Waals surface area contributed by atoms with Gasteiger partial charge in [-0.3, -0.25) is 14.6 Å². The number of morpholine rings is 1. The van der Waals surface area contributed by atoms with Crippen LogP contribution in [0.25, 0.3) is 0 Å². The molecule has 0 saturated carbocycles. The second-order valence-electron chi connectivity index (χ2n) is 5.64. The highest BCUT2D eigenvalue weighted by Crippen LogP contribution is 2.20. The zero-order chi connectivity index (χ0) is 17.6. The van der Waals surface area contributed by atoms with Crippen molar-refractivity contribution >= 4 is 11.8 Å². The van der Waals surface area contributed by atoms with Crippen molar-refractivity contribution in [3.05, 3.63) is 53.9 Å². The van der Waals surface area contributed by atoms with E-state index < -0.39 is 6.10 Å². The molecule has 130 valence electrons. The summed E-state index contributed by atoms with van der Waals surface area (Å²) in [4.78, 5) is 38.1. The van der Waals surface area contributed by atoms with Gasteiger partial charge in [-0.2, -0.15) is 0 Å². The average Bonchev–Trinajstić information content (AvgIpc) is 2.67. The van der Waals surface area contributed by atoms with Crippen molar-refractivity contribution in [2.45, 2.75) is 19.6 Å². The molecule has 0 bridgehead atoms. The molecule has 1 saturated heterocycles. The number of pyridine rings is 1. The third-order valence-electron chi connectivity index (χ3n) is 3.78. The van der Waals surface area contributed by atoms with Gasteiger partial charge in [0.2, 0.25) is 5.91 Å². The lowest BCUT2D eigenvalue weighted by atomic mass is 10.2. The molecule has 0 radical (unpaired) electrons. The summed E-state index contributed by atoms with van der Waals surface area (Å²) in [5, 5.41) is 2.70. The van der Waals surface area contributed by atoms with Crippen LogP contribution in [-0.4, -0.2) is 51.4 Å². The number of carbonyl (C=O) groups excluding carboxylic acids is 2. The van der Waals surface area contributed by atoms with Crippen LogP contribution in [-0.2, 0) is 16.1 Å². The van der Waals surface area contributed by atoms with E-state index in [1.165, 1.54) is 6.92 Å². The fraction of sp³-hybridized carbons (Fsp3) is 0.353. The summed E-state index contributed by atoms with van der Waals surface area (Å²) in [6.07, 6.45) is 2.82. The van der Waals surface area contributed by atoms with Crippen LogP contribution in [0.15, 0.2) is 36.7 Å². The number of carbonyl (C=O) groups is 2. The minimum atomic E-state index is -0.404. The first-order valence-corrected chi connectivity index (χ1v) is 8.01. The Morgan fingerprint density at radius 2 is 2.16 bits per heavy atom. The van der Waals surface area contributed by atoms with Crippen molar-refractivity contribution in [1.29, 1.82) is 0 Å². The van der Waals surface area contributed by atoms with Gasteiger partial charge in [0.15, 0.2) is 5.82 Å². The molecule has 1 aliphatic heterocycles. The summed E-state index contributed by atoms with van der Waals surface area (Å²) in [5.74, 6) is 0.242. The minimum absolute atomic E-state index is 0.124. The van der Waals surface area contributed by atoms with Crippen LogP contribution in [0, 0.1) is 0 Å². The van der Waals surface area contributed by atoms with Gasteiger partial charge in [-0.05, 0) is 18.2 Å². The van der Waals surface area contributed by atoms with E-state index in [4.69, 9.17) is 4.74 Å². The van der Waals surface area contributed by atoms with Gasteiger partial charge >= 0.3 is 0 Å². The monoisotopic (exact) mass is 341 g/mol. The highest BCUT2D eigenvalue weighted by atomic mass is 16.5. The third kappa shape index (κ3) is 4.36. The normalized spacial score (nSPS) is 17.2. The summed E-state index contributed by atoms with van der Waals surface area (Å²) in [7, 11) is 0. The van der Waals surface area contributed by atoms with Gasteiger partial charge < -0.3 is 15.0 Å². The van der Waals surface area contributed by atoms with Crippen LogP contribution in [0.1, 0.15) is 35.0 Å². The highest BCUT2D eigenvalue weighted by molar-refractivity contribution is 5.92. The van der Waals surface area contributed by atoms with E-state index in [2.05, 4.69) is 20.3 Å². The molecular weight excluding hydrogens is 322 g/mol. The van der Waals surface area contributed by atoms with Gasteiger partial charge in [0.25, 0.3) is 5.91 Å². The number of amides is 2. The van der Waals surface area contributed by atoms with Gasteiger partial charge in [-0.1, -0.05) is 6.07 Å². The number of nitrogens with zero attached hydrogens (tertiary/aromatic N) is 4. The van der Waals surface area contributed by atoms with E-state index in [-0.39, 0.29) is 11.8 Å². The fourth-order valence-electron chi connectivity index (χ4n) is 2.52. The lowest BCUT2D eigenvalue weighted by Gasteiger charge is -2.32. The quantitative estimate of drug-likeness (QED) is 0.880. The average molecular weight is 341 g/mol. The SMILES string of the molecule is CC(=O)NCc1ccnc([C@@H]2CN(C(=O)c3ccccn3)CCO2)n1. The summed E-state index contributed by atoms with van der Waals surface area (Å²) >= 11 is 0. The second-order valence-corrected chi connectivity index (χ2v) is 5.64. The zero-order valence-corrected chi connectivity index (χ0v) is 13.9. The Bertz CT molecular complexity index is 753. The van der Waals surface area contributed by atoms with Gasteiger partial charge in [0.05, 0.1) is 25.4 Å². The molecule has 3 heterocycles. The van der Waals surface area contributed by atoms with Gasteiger partial charge in [-0.15, -0.1) is 0 Å². The number of nitrogens with one attached hydrogen (secondary N) is 1. The highest BCUT2D eigenvalue weighted by Gasteiger charge is 2.28. The van der Waals surface area contributed by atoms with Gasteiger partial charge in [0, 0.05) is 25.9 Å². The molecule has 1 aliphatic rings. The van der Waals surface area contributed by atoms with Crippen LogP contribution in [0.3, 0.4) is 0 Å². The van der Waals surface area contributed by atoms with Crippen molar-refractivity contribution in [2.24, 2.45) is 0 Å². The molecule has 1 atom stereocenters. The number of ether oxygens (including phenoxy) is 1. The molecule has 1 N–H and O–H groups in total. The Morgan fingerprint density at radius 3 is 2.92 bits per heavy atom. The molecule has 0 aromatic carbocycles. The van der Waals surface area contributed by atoms with E-state index >= 15 is 0 Å². The van der Waals surface area contributed by atoms with E-state index in [1.807, 2.05) is 0 Å². The first-order valence-electron chi connectivity index (χ1n) is 8.01. The second kappa shape index (κ2) is 7.80. The van der Waals surface area contributed by atoms with Crippen molar-refractivity contribution in [1.82, 2.24) is 25.2 Å². The molecule has 8 heteroatoms. The number of hydrogen-bond donors (Lipinski definition) is 1. The van der Waals surface area contributed by atoms with Crippen LogP contribution in [0.2, 0.25) is 0 Å². The van der Waals surface area contributed by atoms with Crippen LogP contribution in [0.4, 0.5) is 0 Å². The largest absolute Gasteiger partial charge is 0.367 e. The van der Waals surface area contributed by atoms with Crippen molar-refractivity contribution in [2.75, 3.05) is 19.7 Å². The molecule has 25 heavy (non-hydrogen) atoms. The molecule has 3 rings (SSSR count). The lowest BCUT2D eigenvalue weighted by molar-refractivity contribution is -0.119. The summed E-state index contributed by atoms with van der Waals surface area (Å²) in [5.41, 5.74) is 1.10. The smallest absolute Gasteiger partial charge is 0.272 e. The Kier molecular flexibility index (Phi) is 5.30. The van der Waals surface area contributed by atoms with E-state index in [1.54, 1.807) is 41.6 Å². The maximum absolute atomic E-state index is 12.5. The van der Waals surface area contributed by atoms with Gasteiger partial charge in [0.1, 0.15) is 11.8 Å². The molecule has 2 aromatic heterocycles. The maximum atomic E-state index is 12.5. The summed E-state index contributed by atoms with van der Waals surface area (Å²) in [6, 6.07) is 6.98. The molecule has 1 fully saturated rings.